The Morgan fingerprint density at radius 1 is 1.15 bits per heavy atom. The molecule has 1 unspecified atom stereocenters. The van der Waals surface area contributed by atoms with Gasteiger partial charge in [0, 0.05) is 12.0 Å². The van der Waals surface area contributed by atoms with Crippen LogP contribution in [-0.4, -0.2) is 34.8 Å². The van der Waals surface area contributed by atoms with Crippen molar-refractivity contribution in [2.45, 2.75) is 53.5 Å². The molecule has 1 aliphatic rings. The average molecular weight is 359 g/mol. The number of carbonyl (C=O) groups is 2. The fourth-order valence-corrected chi connectivity index (χ4v) is 3.07. The largest absolute Gasteiger partial charge is 0.503 e. The van der Waals surface area contributed by atoms with Gasteiger partial charge < -0.3 is 14.7 Å². The van der Waals surface area contributed by atoms with Crippen LogP contribution in [0, 0.1) is 5.41 Å². The highest BCUT2D eigenvalue weighted by Crippen LogP contribution is 2.41. The zero-order valence-corrected chi connectivity index (χ0v) is 16.3. The monoisotopic (exact) mass is 359 g/mol. The molecule has 1 atom stereocenters. The molecule has 0 radical (unpaired) electrons. The molecule has 0 saturated heterocycles. The number of Topliss-reactive ketones (excluding diaryl/α,β-unsaturated/α-hetero) is 1. The van der Waals surface area contributed by atoms with E-state index in [0.29, 0.717) is 13.2 Å². The van der Waals surface area contributed by atoms with Crippen LogP contribution < -0.4 is 4.74 Å². The molecular formula is C21H29NO4. The fraction of sp³-hybridized carbons (Fsp3) is 0.524. The van der Waals surface area contributed by atoms with Crippen LogP contribution in [0.4, 0.5) is 0 Å². The van der Waals surface area contributed by atoms with E-state index in [0.717, 1.165) is 24.2 Å². The third-order valence-corrected chi connectivity index (χ3v) is 4.36. The highest BCUT2D eigenvalue weighted by atomic mass is 16.5. The van der Waals surface area contributed by atoms with E-state index < -0.39 is 23.1 Å². The molecule has 5 heteroatoms. The first-order valence-corrected chi connectivity index (χ1v) is 9.24. The number of aliphatic hydroxyl groups is 1. The third kappa shape index (κ3) is 3.92. The van der Waals surface area contributed by atoms with Crippen molar-refractivity contribution in [1.82, 2.24) is 4.90 Å². The average Bonchev–Trinajstić information content (AvgIpc) is 2.84. The van der Waals surface area contributed by atoms with Crippen molar-refractivity contribution in [2.24, 2.45) is 5.41 Å². The van der Waals surface area contributed by atoms with Gasteiger partial charge in [-0.1, -0.05) is 46.8 Å². The first-order valence-electron chi connectivity index (χ1n) is 9.24. The topological polar surface area (TPSA) is 66.8 Å². The summed E-state index contributed by atoms with van der Waals surface area (Å²) < 4.78 is 5.61. The third-order valence-electron chi connectivity index (χ3n) is 4.36. The Morgan fingerprint density at radius 2 is 1.77 bits per heavy atom. The standard InChI is InChI=1S/C21H29NO4/c1-6-12-22-17(14-8-10-15(11-9-14)26-13-7-2)16(18(23)20(22)25)19(24)21(3,4)5/h8-11,17,23H,6-7,12-13H2,1-5H3. The van der Waals surface area contributed by atoms with E-state index in [9.17, 15) is 14.7 Å². The molecule has 0 spiro atoms. The summed E-state index contributed by atoms with van der Waals surface area (Å²) in [6, 6.07) is 6.84. The molecule has 0 bridgehead atoms. The van der Waals surface area contributed by atoms with Crippen molar-refractivity contribution in [3.05, 3.63) is 41.2 Å². The SMILES string of the molecule is CCCOc1ccc(C2C(C(=O)C(C)(C)C)=C(O)C(=O)N2CCC)cc1. The summed E-state index contributed by atoms with van der Waals surface area (Å²) in [7, 11) is 0. The van der Waals surface area contributed by atoms with Gasteiger partial charge in [0.2, 0.25) is 0 Å². The number of nitrogens with zero attached hydrogens (tertiary/aromatic N) is 1. The first kappa shape index (κ1) is 20.0. The number of benzene rings is 1. The van der Waals surface area contributed by atoms with Crippen LogP contribution in [0.2, 0.25) is 0 Å². The van der Waals surface area contributed by atoms with E-state index in [1.165, 1.54) is 0 Å². The Kier molecular flexibility index (Phi) is 6.11. The number of hydrogen-bond acceptors (Lipinski definition) is 4. The number of ketones is 1. The van der Waals surface area contributed by atoms with Crippen LogP contribution in [0.15, 0.2) is 35.6 Å². The minimum Gasteiger partial charge on any atom is -0.503 e. The first-order chi connectivity index (χ1) is 12.2. The van der Waals surface area contributed by atoms with E-state index in [1.54, 1.807) is 25.7 Å². The summed E-state index contributed by atoms with van der Waals surface area (Å²) in [4.78, 5) is 27.1. The number of carbonyl (C=O) groups excluding carboxylic acids is 2. The lowest BCUT2D eigenvalue weighted by molar-refractivity contribution is -0.129. The Labute approximate surface area is 155 Å². The molecule has 5 nitrogen and oxygen atoms in total. The van der Waals surface area contributed by atoms with Gasteiger partial charge in [0.25, 0.3) is 5.91 Å². The minimum absolute atomic E-state index is 0.193. The molecule has 1 N–H and O–H groups in total. The number of hydrogen-bond donors (Lipinski definition) is 1. The van der Waals surface area contributed by atoms with Gasteiger partial charge in [0.05, 0.1) is 18.2 Å². The second kappa shape index (κ2) is 7.94. The van der Waals surface area contributed by atoms with Gasteiger partial charge in [-0.15, -0.1) is 0 Å². The van der Waals surface area contributed by atoms with E-state index in [1.807, 2.05) is 38.1 Å². The maximum absolute atomic E-state index is 12.9. The van der Waals surface area contributed by atoms with Crippen LogP contribution in [0.3, 0.4) is 0 Å². The van der Waals surface area contributed by atoms with Crippen molar-refractivity contribution >= 4 is 11.7 Å². The highest BCUT2D eigenvalue weighted by Gasteiger charge is 2.45. The molecule has 0 aromatic heterocycles. The van der Waals surface area contributed by atoms with Gasteiger partial charge in [0.1, 0.15) is 5.75 Å². The molecule has 0 fully saturated rings. The molecule has 142 valence electrons. The van der Waals surface area contributed by atoms with Crippen molar-refractivity contribution in [3.8, 4) is 5.75 Å². The molecule has 0 aliphatic carbocycles. The smallest absolute Gasteiger partial charge is 0.290 e. The Bertz CT molecular complexity index is 698. The summed E-state index contributed by atoms with van der Waals surface area (Å²) in [5.74, 6) is -0.359. The molecule has 26 heavy (non-hydrogen) atoms. The summed E-state index contributed by atoms with van der Waals surface area (Å²) >= 11 is 0. The predicted molar refractivity (Wildman–Crippen MR) is 101 cm³/mol. The van der Waals surface area contributed by atoms with Crippen LogP contribution in [0.1, 0.15) is 59.1 Å². The Hall–Kier alpha value is -2.30. The number of amides is 1. The van der Waals surface area contributed by atoms with Crippen LogP contribution in [-0.2, 0) is 9.59 Å². The van der Waals surface area contributed by atoms with Crippen molar-refractivity contribution in [1.29, 1.82) is 0 Å². The molecular weight excluding hydrogens is 330 g/mol. The Balaban J connectivity index is 2.45. The lowest BCUT2D eigenvalue weighted by Crippen LogP contribution is -2.33. The molecule has 0 saturated carbocycles. The fourth-order valence-electron chi connectivity index (χ4n) is 3.07. The highest BCUT2D eigenvalue weighted by molar-refractivity contribution is 6.10. The van der Waals surface area contributed by atoms with Gasteiger partial charge >= 0.3 is 0 Å². The quantitative estimate of drug-likeness (QED) is 0.792. The lowest BCUT2D eigenvalue weighted by atomic mass is 9.82. The summed E-state index contributed by atoms with van der Waals surface area (Å²) in [6.45, 7) is 10.5. The maximum atomic E-state index is 12.9. The zero-order chi connectivity index (χ0) is 19.5. The summed E-state index contributed by atoms with van der Waals surface area (Å²) in [6.07, 6.45) is 1.66. The van der Waals surface area contributed by atoms with E-state index in [2.05, 4.69) is 0 Å². The van der Waals surface area contributed by atoms with E-state index in [4.69, 9.17) is 4.74 Å². The second-order valence-electron chi connectivity index (χ2n) is 7.66. The van der Waals surface area contributed by atoms with Crippen LogP contribution >= 0.6 is 0 Å². The van der Waals surface area contributed by atoms with E-state index >= 15 is 0 Å². The summed E-state index contributed by atoms with van der Waals surface area (Å²) in [5.41, 5.74) is 0.305. The normalized spacial score (nSPS) is 17.8. The number of aliphatic hydroxyl groups excluding tert-OH is 1. The van der Waals surface area contributed by atoms with Crippen LogP contribution in [0.5, 0.6) is 5.75 Å². The molecule has 1 amide bonds. The van der Waals surface area contributed by atoms with Crippen molar-refractivity contribution < 1.29 is 19.4 Å². The maximum Gasteiger partial charge on any atom is 0.290 e. The van der Waals surface area contributed by atoms with E-state index in [-0.39, 0.29) is 11.4 Å². The van der Waals surface area contributed by atoms with Gasteiger partial charge in [-0.2, -0.15) is 0 Å². The van der Waals surface area contributed by atoms with Crippen molar-refractivity contribution in [2.75, 3.05) is 13.2 Å². The second-order valence-corrected chi connectivity index (χ2v) is 7.66. The summed E-state index contributed by atoms with van der Waals surface area (Å²) in [5, 5.41) is 10.4. The molecule has 2 rings (SSSR count). The molecule has 1 heterocycles. The zero-order valence-electron chi connectivity index (χ0n) is 16.3. The van der Waals surface area contributed by atoms with Crippen LogP contribution in [0.25, 0.3) is 0 Å². The predicted octanol–water partition coefficient (Wildman–Crippen LogP) is 4.20. The van der Waals surface area contributed by atoms with Gasteiger partial charge in [-0.3, -0.25) is 9.59 Å². The van der Waals surface area contributed by atoms with Gasteiger partial charge in [-0.05, 0) is 30.5 Å². The molecule has 1 aliphatic heterocycles. The van der Waals surface area contributed by atoms with Gasteiger partial charge in [0.15, 0.2) is 11.5 Å². The number of rotatable bonds is 7. The molecule has 1 aromatic carbocycles. The lowest BCUT2D eigenvalue weighted by Gasteiger charge is -2.28. The molecule has 1 aromatic rings. The van der Waals surface area contributed by atoms with Crippen molar-refractivity contribution in [3.63, 3.8) is 0 Å². The Morgan fingerprint density at radius 3 is 2.27 bits per heavy atom. The number of ether oxygens (including phenoxy) is 1. The minimum atomic E-state index is -0.686. The van der Waals surface area contributed by atoms with Gasteiger partial charge in [-0.25, -0.2) is 0 Å².